The lowest BCUT2D eigenvalue weighted by molar-refractivity contribution is -0.0521. The Balaban J connectivity index is 2.68. The molecule has 0 amide bonds. The molecule has 0 aliphatic rings. The van der Waals surface area contributed by atoms with E-state index in [9.17, 15) is 18.3 Å². The van der Waals surface area contributed by atoms with Crippen molar-refractivity contribution in [3.63, 3.8) is 0 Å². The van der Waals surface area contributed by atoms with E-state index in [0.29, 0.717) is 12.2 Å². The van der Waals surface area contributed by atoms with Gasteiger partial charge in [-0.2, -0.15) is 8.78 Å². The Kier molecular flexibility index (Phi) is 5.47. The van der Waals surface area contributed by atoms with Gasteiger partial charge in [0.15, 0.2) is 11.6 Å². The number of alkyl halides is 2. The summed E-state index contributed by atoms with van der Waals surface area (Å²) < 4.78 is 41.4. The Morgan fingerprint density at radius 2 is 2.11 bits per heavy atom. The van der Waals surface area contributed by atoms with Gasteiger partial charge in [0.25, 0.3) is 0 Å². The Hall–Kier alpha value is -1.43. The lowest BCUT2D eigenvalue weighted by atomic mass is 9.88. The van der Waals surface area contributed by atoms with E-state index in [1.807, 2.05) is 13.8 Å². The maximum absolute atomic E-state index is 13.4. The fourth-order valence-electron chi connectivity index (χ4n) is 1.41. The highest BCUT2D eigenvalue weighted by molar-refractivity contribution is 5.47. The first-order chi connectivity index (χ1) is 8.90. The van der Waals surface area contributed by atoms with Crippen molar-refractivity contribution < 1.29 is 23.0 Å². The highest BCUT2D eigenvalue weighted by Crippen LogP contribution is 2.25. The third-order valence-electron chi connectivity index (χ3n) is 3.10. The maximum atomic E-state index is 13.4. The molecule has 0 spiro atoms. The highest BCUT2D eigenvalue weighted by atomic mass is 19.3. The van der Waals surface area contributed by atoms with Gasteiger partial charge in [0.1, 0.15) is 0 Å². The standard InChI is InChI=1S/C13H18F3NO2/c1-3-13(2,8-18)7-17-9-4-5-11(10(14)6-9)19-12(15)16/h4-6,12,17-18H,3,7-8H2,1-2H3. The van der Waals surface area contributed by atoms with Crippen LogP contribution >= 0.6 is 0 Å². The molecule has 0 fully saturated rings. The van der Waals surface area contributed by atoms with Gasteiger partial charge >= 0.3 is 6.61 Å². The molecule has 0 saturated carbocycles. The molecule has 0 saturated heterocycles. The zero-order valence-corrected chi connectivity index (χ0v) is 10.9. The summed E-state index contributed by atoms with van der Waals surface area (Å²) in [6.07, 6.45) is 0.756. The Morgan fingerprint density at radius 1 is 1.42 bits per heavy atom. The van der Waals surface area contributed by atoms with Crippen LogP contribution in [0.15, 0.2) is 18.2 Å². The van der Waals surface area contributed by atoms with Crippen LogP contribution in [0.4, 0.5) is 18.9 Å². The van der Waals surface area contributed by atoms with Gasteiger partial charge in [-0.25, -0.2) is 4.39 Å². The summed E-state index contributed by atoms with van der Waals surface area (Å²) in [5, 5.41) is 12.2. The van der Waals surface area contributed by atoms with Crippen molar-refractivity contribution >= 4 is 5.69 Å². The first-order valence-electron chi connectivity index (χ1n) is 5.99. The molecular weight excluding hydrogens is 259 g/mol. The molecule has 1 aromatic carbocycles. The van der Waals surface area contributed by atoms with Crippen LogP contribution in [-0.2, 0) is 0 Å². The Bertz CT molecular complexity index is 409. The van der Waals surface area contributed by atoms with E-state index < -0.39 is 18.2 Å². The zero-order valence-electron chi connectivity index (χ0n) is 10.9. The topological polar surface area (TPSA) is 41.5 Å². The number of rotatable bonds is 7. The van der Waals surface area contributed by atoms with Crippen LogP contribution in [-0.4, -0.2) is 24.9 Å². The van der Waals surface area contributed by atoms with Gasteiger partial charge in [-0.15, -0.1) is 0 Å². The number of halogens is 3. The van der Waals surface area contributed by atoms with Crippen LogP contribution in [0.25, 0.3) is 0 Å². The SMILES string of the molecule is CCC(C)(CO)CNc1ccc(OC(F)F)c(F)c1. The summed E-state index contributed by atoms with van der Waals surface area (Å²) in [5.41, 5.74) is 0.140. The van der Waals surface area contributed by atoms with Gasteiger partial charge < -0.3 is 15.2 Å². The molecule has 1 unspecified atom stereocenters. The predicted octanol–water partition coefficient (Wildman–Crippen LogP) is 3.25. The van der Waals surface area contributed by atoms with Gasteiger partial charge in [-0.3, -0.25) is 0 Å². The van der Waals surface area contributed by atoms with Gasteiger partial charge in [0.2, 0.25) is 0 Å². The second kappa shape index (κ2) is 6.65. The monoisotopic (exact) mass is 277 g/mol. The van der Waals surface area contributed by atoms with Crippen molar-refractivity contribution in [2.45, 2.75) is 26.9 Å². The third-order valence-corrected chi connectivity index (χ3v) is 3.10. The number of hydrogen-bond donors (Lipinski definition) is 2. The normalized spacial score (nSPS) is 14.3. The van der Waals surface area contributed by atoms with Crippen molar-refractivity contribution in [2.24, 2.45) is 5.41 Å². The number of aliphatic hydroxyl groups is 1. The first kappa shape index (κ1) is 15.6. The number of ether oxygens (including phenoxy) is 1. The molecule has 0 bridgehead atoms. The van der Waals surface area contributed by atoms with Gasteiger partial charge in [-0.05, 0) is 18.6 Å². The average molecular weight is 277 g/mol. The smallest absolute Gasteiger partial charge is 0.387 e. The van der Waals surface area contributed by atoms with Crippen LogP contribution in [0.1, 0.15) is 20.3 Å². The van der Waals surface area contributed by atoms with Crippen LogP contribution in [0.2, 0.25) is 0 Å². The molecule has 6 heteroatoms. The summed E-state index contributed by atoms with van der Waals surface area (Å²) in [4.78, 5) is 0. The van der Waals surface area contributed by atoms with Gasteiger partial charge in [0, 0.05) is 23.7 Å². The van der Waals surface area contributed by atoms with Crippen molar-refractivity contribution in [3.05, 3.63) is 24.0 Å². The average Bonchev–Trinajstić information content (AvgIpc) is 2.38. The van der Waals surface area contributed by atoms with Crippen LogP contribution in [0, 0.1) is 11.2 Å². The molecule has 0 radical (unpaired) electrons. The molecule has 108 valence electrons. The lowest BCUT2D eigenvalue weighted by Crippen LogP contribution is -2.29. The molecule has 0 aliphatic heterocycles. The Morgan fingerprint density at radius 3 is 2.58 bits per heavy atom. The second-order valence-corrected chi connectivity index (χ2v) is 4.70. The van der Waals surface area contributed by atoms with E-state index in [4.69, 9.17) is 0 Å². The molecule has 1 rings (SSSR count). The predicted molar refractivity (Wildman–Crippen MR) is 67.0 cm³/mol. The summed E-state index contributed by atoms with van der Waals surface area (Å²) in [6.45, 7) is 1.24. The summed E-state index contributed by atoms with van der Waals surface area (Å²) in [5.74, 6) is -1.34. The highest BCUT2D eigenvalue weighted by Gasteiger charge is 2.20. The largest absolute Gasteiger partial charge is 0.432 e. The van der Waals surface area contributed by atoms with Gasteiger partial charge in [-0.1, -0.05) is 13.8 Å². The minimum atomic E-state index is -3.05. The van der Waals surface area contributed by atoms with E-state index in [2.05, 4.69) is 10.1 Å². The minimum absolute atomic E-state index is 0.00552. The number of aliphatic hydroxyl groups excluding tert-OH is 1. The van der Waals surface area contributed by atoms with Crippen molar-refractivity contribution in [3.8, 4) is 5.75 Å². The fourth-order valence-corrected chi connectivity index (χ4v) is 1.41. The number of benzene rings is 1. The van der Waals surface area contributed by atoms with E-state index in [1.165, 1.54) is 6.07 Å². The molecule has 19 heavy (non-hydrogen) atoms. The summed E-state index contributed by atoms with van der Waals surface area (Å²) >= 11 is 0. The molecule has 0 aliphatic carbocycles. The summed E-state index contributed by atoms with van der Waals surface area (Å²) in [7, 11) is 0. The van der Waals surface area contributed by atoms with Crippen molar-refractivity contribution in [1.29, 1.82) is 0 Å². The number of nitrogens with one attached hydrogen (secondary N) is 1. The van der Waals surface area contributed by atoms with Crippen molar-refractivity contribution in [2.75, 3.05) is 18.5 Å². The number of anilines is 1. The molecule has 1 aromatic rings. The van der Waals surface area contributed by atoms with Gasteiger partial charge in [0.05, 0.1) is 6.61 Å². The number of hydrogen-bond acceptors (Lipinski definition) is 3. The first-order valence-corrected chi connectivity index (χ1v) is 5.99. The Labute approximate surface area is 110 Å². The molecule has 1 atom stereocenters. The van der Waals surface area contributed by atoms with Crippen LogP contribution < -0.4 is 10.1 Å². The summed E-state index contributed by atoms with van der Waals surface area (Å²) in [6, 6.07) is 3.69. The minimum Gasteiger partial charge on any atom is -0.432 e. The molecular formula is C13H18F3NO2. The van der Waals surface area contributed by atoms with E-state index in [0.717, 1.165) is 18.6 Å². The fraction of sp³-hybridized carbons (Fsp3) is 0.538. The second-order valence-electron chi connectivity index (χ2n) is 4.70. The quantitative estimate of drug-likeness (QED) is 0.804. The molecule has 2 N–H and O–H groups in total. The van der Waals surface area contributed by atoms with Crippen LogP contribution in [0.5, 0.6) is 5.75 Å². The maximum Gasteiger partial charge on any atom is 0.387 e. The molecule has 0 aromatic heterocycles. The van der Waals surface area contributed by atoms with E-state index in [-0.39, 0.29) is 12.0 Å². The molecule has 3 nitrogen and oxygen atoms in total. The zero-order chi connectivity index (χ0) is 14.5. The van der Waals surface area contributed by atoms with E-state index in [1.54, 1.807) is 0 Å². The van der Waals surface area contributed by atoms with Crippen molar-refractivity contribution in [1.82, 2.24) is 0 Å². The third kappa shape index (κ3) is 4.63. The molecule has 0 heterocycles. The van der Waals surface area contributed by atoms with Crippen LogP contribution in [0.3, 0.4) is 0 Å². The lowest BCUT2D eigenvalue weighted by Gasteiger charge is -2.26. The van der Waals surface area contributed by atoms with E-state index >= 15 is 0 Å².